The van der Waals surface area contributed by atoms with Crippen molar-refractivity contribution in [2.24, 2.45) is 0 Å². The van der Waals surface area contributed by atoms with Crippen LogP contribution in [-0.2, 0) is 11.3 Å². The van der Waals surface area contributed by atoms with Gasteiger partial charge in [-0.15, -0.1) is 11.3 Å². The van der Waals surface area contributed by atoms with Crippen molar-refractivity contribution in [2.75, 3.05) is 32.7 Å². The second kappa shape index (κ2) is 9.24. The fourth-order valence-corrected chi connectivity index (χ4v) is 4.81. The van der Waals surface area contributed by atoms with Crippen molar-refractivity contribution in [3.8, 4) is 10.7 Å². The average Bonchev–Trinajstić information content (AvgIpc) is 3.57. The Balaban J connectivity index is 1.06. The van der Waals surface area contributed by atoms with Crippen molar-refractivity contribution in [1.29, 1.82) is 0 Å². The second-order valence-electron chi connectivity index (χ2n) is 8.06. The summed E-state index contributed by atoms with van der Waals surface area (Å²) in [7, 11) is 0. The van der Waals surface area contributed by atoms with Crippen molar-refractivity contribution >= 4 is 29.1 Å². The topological polar surface area (TPSA) is 99.9 Å². The Morgan fingerprint density at radius 3 is 2.39 bits per heavy atom. The molecule has 2 aromatic heterocycles. The first kappa shape index (κ1) is 21.5. The molecule has 170 valence electrons. The van der Waals surface area contributed by atoms with Crippen LogP contribution in [0.4, 0.5) is 0 Å². The minimum atomic E-state index is -0.278. The molecule has 0 bridgehead atoms. The van der Waals surface area contributed by atoms with Crippen molar-refractivity contribution in [1.82, 2.24) is 24.8 Å². The highest BCUT2D eigenvalue weighted by atomic mass is 32.1. The van der Waals surface area contributed by atoms with Gasteiger partial charge in [0, 0.05) is 39.1 Å². The maximum absolute atomic E-state index is 12.6. The van der Waals surface area contributed by atoms with Crippen LogP contribution in [0.3, 0.4) is 0 Å². The Morgan fingerprint density at radius 1 is 1.00 bits per heavy atom. The minimum absolute atomic E-state index is 0.0454. The maximum Gasteiger partial charge on any atom is 0.261 e. The number of thiophene rings is 1. The van der Waals surface area contributed by atoms with Crippen LogP contribution in [0.1, 0.15) is 39.4 Å². The van der Waals surface area contributed by atoms with Crippen molar-refractivity contribution in [3.05, 3.63) is 58.8 Å². The predicted octanol–water partition coefficient (Wildman–Crippen LogP) is 2.52. The SMILES string of the molecule is O=C(CCCN1C(=O)c2ccccc2C1=O)N1CCN(Cc2nc(-c3cccs3)no2)CC1. The third-order valence-electron chi connectivity index (χ3n) is 5.94. The van der Waals surface area contributed by atoms with E-state index in [4.69, 9.17) is 4.52 Å². The number of rotatable bonds is 7. The first-order chi connectivity index (χ1) is 16.1. The van der Waals surface area contributed by atoms with E-state index in [1.54, 1.807) is 35.6 Å². The molecule has 0 spiro atoms. The third-order valence-corrected chi connectivity index (χ3v) is 6.81. The first-order valence-electron chi connectivity index (χ1n) is 10.9. The van der Waals surface area contributed by atoms with E-state index in [-0.39, 0.29) is 24.3 Å². The molecule has 1 saturated heterocycles. The number of benzene rings is 1. The Morgan fingerprint density at radius 2 is 1.73 bits per heavy atom. The number of fused-ring (bicyclic) bond motifs is 1. The fourth-order valence-electron chi connectivity index (χ4n) is 4.16. The van der Waals surface area contributed by atoms with Gasteiger partial charge in [-0.05, 0) is 30.0 Å². The molecule has 3 amide bonds. The molecule has 33 heavy (non-hydrogen) atoms. The quantitative estimate of drug-likeness (QED) is 0.494. The lowest BCUT2D eigenvalue weighted by atomic mass is 10.1. The molecule has 2 aliphatic rings. The van der Waals surface area contributed by atoms with E-state index in [2.05, 4.69) is 15.0 Å². The van der Waals surface area contributed by atoms with Gasteiger partial charge in [-0.3, -0.25) is 24.2 Å². The molecule has 10 heteroatoms. The van der Waals surface area contributed by atoms with Crippen LogP contribution in [0.25, 0.3) is 10.7 Å². The molecule has 0 aliphatic carbocycles. The van der Waals surface area contributed by atoms with E-state index in [9.17, 15) is 14.4 Å². The third kappa shape index (κ3) is 4.44. The molecule has 3 aromatic rings. The van der Waals surface area contributed by atoms with Gasteiger partial charge in [-0.2, -0.15) is 4.98 Å². The number of imide groups is 1. The molecule has 0 unspecified atom stereocenters. The summed E-state index contributed by atoms with van der Waals surface area (Å²) in [4.78, 5) is 48.2. The number of carbonyl (C=O) groups is 3. The maximum atomic E-state index is 12.6. The number of piperazine rings is 1. The van der Waals surface area contributed by atoms with Crippen LogP contribution in [0.2, 0.25) is 0 Å². The lowest BCUT2D eigenvalue weighted by molar-refractivity contribution is -0.133. The number of carbonyl (C=O) groups excluding carboxylic acids is 3. The lowest BCUT2D eigenvalue weighted by Crippen LogP contribution is -2.48. The molecule has 9 nitrogen and oxygen atoms in total. The number of hydrogen-bond donors (Lipinski definition) is 0. The number of hydrogen-bond acceptors (Lipinski definition) is 8. The zero-order valence-electron chi connectivity index (χ0n) is 18.0. The molecule has 5 rings (SSSR count). The van der Waals surface area contributed by atoms with E-state index in [1.165, 1.54) is 4.90 Å². The standard InChI is InChI=1S/C23H23N5O4S/c29-20(8-3-9-28-22(30)16-5-1-2-6-17(16)23(28)31)27-12-10-26(11-13-27)15-19-24-21(25-32-19)18-7-4-14-33-18/h1-2,4-7,14H,3,8-13,15H2. The molecule has 0 N–H and O–H groups in total. The summed E-state index contributed by atoms with van der Waals surface area (Å²) >= 11 is 1.57. The molecule has 0 radical (unpaired) electrons. The van der Waals surface area contributed by atoms with Crippen molar-refractivity contribution < 1.29 is 18.9 Å². The number of nitrogens with zero attached hydrogens (tertiary/aromatic N) is 5. The highest BCUT2D eigenvalue weighted by Gasteiger charge is 2.34. The summed E-state index contributed by atoms with van der Waals surface area (Å²) < 4.78 is 5.37. The zero-order chi connectivity index (χ0) is 22.8. The monoisotopic (exact) mass is 465 g/mol. The summed E-state index contributed by atoms with van der Waals surface area (Å²) in [6.45, 7) is 3.50. The van der Waals surface area contributed by atoms with Crippen molar-refractivity contribution in [2.45, 2.75) is 19.4 Å². The Hall–Kier alpha value is -3.37. The summed E-state index contributed by atoms with van der Waals surface area (Å²) in [5.74, 6) is 0.662. The van der Waals surface area contributed by atoms with Gasteiger partial charge in [0.05, 0.1) is 22.5 Å². The highest BCUT2D eigenvalue weighted by Crippen LogP contribution is 2.23. The number of amides is 3. The van der Waals surface area contributed by atoms with Crippen LogP contribution in [0, 0.1) is 0 Å². The van der Waals surface area contributed by atoms with Gasteiger partial charge in [-0.25, -0.2) is 0 Å². The first-order valence-corrected chi connectivity index (χ1v) is 11.8. The van der Waals surface area contributed by atoms with E-state index in [0.717, 1.165) is 18.0 Å². The average molecular weight is 466 g/mol. The minimum Gasteiger partial charge on any atom is -0.340 e. The van der Waals surface area contributed by atoms with Gasteiger partial charge in [0.2, 0.25) is 17.6 Å². The molecular weight excluding hydrogens is 442 g/mol. The van der Waals surface area contributed by atoms with Crippen LogP contribution in [0.15, 0.2) is 46.3 Å². The fraction of sp³-hybridized carbons (Fsp3) is 0.348. The molecule has 0 saturated carbocycles. The molecule has 2 aliphatic heterocycles. The van der Waals surface area contributed by atoms with Gasteiger partial charge in [0.25, 0.3) is 11.8 Å². The highest BCUT2D eigenvalue weighted by molar-refractivity contribution is 7.13. The normalized spacial score (nSPS) is 16.5. The molecule has 1 aromatic carbocycles. The summed E-state index contributed by atoms with van der Waals surface area (Å²) in [6, 6.07) is 10.7. The Kier molecular flexibility index (Phi) is 6.01. The largest absolute Gasteiger partial charge is 0.340 e. The van der Waals surface area contributed by atoms with Gasteiger partial charge in [0.15, 0.2) is 0 Å². The smallest absolute Gasteiger partial charge is 0.261 e. The van der Waals surface area contributed by atoms with Gasteiger partial charge >= 0.3 is 0 Å². The predicted molar refractivity (Wildman–Crippen MR) is 121 cm³/mol. The van der Waals surface area contributed by atoms with E-state index < -0.39 is 0 Å². The van der Waals surface area contributed by atoms with Crippen LogP contribution in [-0.4, -0.2) is 75.3 Å². The lowest BCUT2D eigenvalue weighted by Gasteiger charge is -2.34. The van der Waals surface area contributed by atoms with Crippen LogP contribution in [0.5, 0.6) is 0 Å². The molecular formula is C23H23N5O4S. The Labute approximate surface area is 194 Å². The zero-order valence-corrected chi connectivity index (χ0v) is 18.8. The molecule has 1 fully saturated rings. The van der Waals surface area contributed by atoms with Gasteiger partial charge in [-0.1, -0.05) is 23.4 Å². The molecule has 4 heterocycles. The van der Waals surface area contributed by atoms with E-state index >= 15 is 0 Å². The summed E-state index contributed by atoms with van der Waals surface area (Å²) in [5, 5.41) is 6.01. The Bertz CT molecular complexity index is 1130. The summed E-state index contributed by atoms with van der Waals surface area (Å²) in [6.07, 6.45) is 0.763. The van der Waals surface area contributed by atoms with Gasteiger partial charge in [0.1, 0.15) is 0 Å². The number of aromatic nitrogens is 2. The second-order valence-corrected chi connectivity index (χ2v) is 9.00. The van der Waals surface area contributed by atoms with Crippen LogP contribution >= 0.6 is 11.3 Å². The summed E-state index contributed by atoms with van der Waals surface area (Å²) in [5.41, 5.74) is 0.877. The van der Waals surface area contributed by atoms with Gasteiger partial charge < -0.3 is 9.42 Å². The van der Waals surface area contributed by atoms with E-state index in [0.29, 0.717) is 55.3 Å². The van der Waals surface area contributed by atoms with E-state index in [1.807, 2.05) is 22.4 Å². The molecule has 0 atom stereocenters. The van der Waals surface area contributed by atoms with Crippen molar-refractivity contribution in [3.63, 3.8) is 0 Å². The van der Waals surface area contributed by atoms with Crippen LogP contribution < -0.4 is 0 Å².